The van der Waals surface area contributed by atoms with Crippen molar-refractivity contribution in [2.24, 2.45) is 0 Å². The number of benzene rings is 1. The number of likely N-dealkylation sites (tertiary alicyclic amines) is 1. The number of carbonyl (C=O) groups is 3. The quantitative estimate of drug-likeness (QED) is 0.694. The molecule has 156 valence electrons. The van der Waals surface area contributed by atoms with Crippen molar-refractivity contribution in [3.8, 4) is 5.69 Å². The number of aryl methyl sites for hydroxylation is 1. The molecule has 4 rings (SSSR count). The Kier molecular flexibility index (Phi) is 5.81. The highest BCUT2D eigenvalue weighted by atomic mass is 32.2. The van der Waals surface area contributed by atoms with E-state index in [1.807, 2.05) is 50.2 Å². The number of hydrogen-bond acceptors (Lipinski definition) is 4. The van der Waals surface area contributed by atoms with Gasteiger partial charge in [-0.05, 0) is 74.7 Å². The van der Waals surface area contributed by atoms with E-state index >= 15 is 0 Å². The second-order valence-corrected chi connectivity index (χ2v) is 8.70. The molecular weight excluding hydrogens is 398 g/mol. The lowest BCUT2D eigenvalue weighted by Gasteiger charge is -2.27. The normalized spacial score (nSPS) is 18.5. The number of thioether (sulfide) groups is 1. The van der Waals surface area contributed by atoms with E-state index in [-0.39, 0.29) is 23.6 Å². The Balaban J connectivity index is 1.54. The van der Waals surface area contributed by atoms with Gasteiger partial charge in [0.25, 0.3) is 11.1 Å². The summed E-state index contributed by atoms with van der Waals surface area (Å²) in [6.07, 6.45) is 4.84. The van der Waals surface area contributed by atoms with Crippen LogP contribution in [0.15, 0.2) is 41.3 Å². The third-order valence-electron chi connectivity index (χ3n) is 5.65. The van der Waals surface area contributed by atoms with Crippen LogP contribution in [-0.4, -0.2) is 51.1 Å². The molecule has 3 heterocycles. The lowest BCUT2D eigenvalue weighted by molar-refractivity contribution is -0.136. The summed E-state index contributed by atoms with van der Waals surface area (Å²) in [5.74, 6) is -0.541. The predicted octanol–water partition coefficient (Wildman–Crippen LogP) is 4.14. The van der Waals surface area contributed by atoms with Crippen LogP contribution in [0.3, 0.4) is 0 Å². The zero-order chi connectivity index (χ0) is 21.3. The van der Waals surface area contributed by atoms with Crippen LogP contribution in [0, 0.1) is 13.8 Å². The third-order valence-corrected chi connectivity index (χ3v) is 6.55. The van der Waals surface area contributed by atoms with Gasteiger partial charge in [-0.15, -0.1) is 0 Å². The average Bonchev–Trinajstić information content (AvgIpc) is 3.18. The number of carbonyl (C=O) groups excluding carboxylic acids is 3. The van der Waals surface area contributed by atoms with Crippen LogP contribution in [0.25, 0.3) is 11.8 Å². The van der Waals surface area contributed by atoms with Crippen molar-refractivity contribution in [2.45, 2.75) is 33.1 Å². The first-order valence-corrected chi connectivity index (χ1v) is 11.0. The van der Waals surface area contributed by atoms with Gasteiger partial charge in [0.05, 0.1) is 4.91 Å². The fourth-order valence-electron chi connectivity index (χ4n) is 4.06. The van der Waals surface area contributed by atoms with E-state index in [1.165, 1.54) is 0 Å². The van der Waals surface area contributed by atoms with Crippen molar-refractivity contribution in [3.63, 3.8) is 0 Å². The Hall–Kier alpha value is -2.80. The fraction of sp³-hybridized carbons (Fsp3) is 0.348. The zero-order valence-corrected chi connectivity index (χ0v) is 18.1. The molecule has 0 spiro atoms. The molecule has 2 aromatic rings. The molecule has 2 aliphatic heterocycles. The Morgan fingerprint density at radius 2 is 1.77 bits per heavy atom. The van der Waals surface area contributed by atoms with Gasteiger partial charge < -0.3 is 9.47 Å². The topological polar surface area (TPSA) is 62.6 Å². The molecule has 2 saturated heterocycles. The molecule has 0 bridgehead atoms. The van der Waals surface area contributed by atoms with E-state index in [2.05, 4.69) is 4.57 Å². The van der Waals surface area contributed by atoms with Gasteiger partial charge in [-0.1, -0.05) is 18.2 Å². The summed E-state index contributed by atoms with van der Waals surface area (Å²) in [7, 11) is 0. The van der Waals surface area contributed by atoms with Crippen molar-refractivity contribution in [2.75, 3.05) is 19.6 Å². The van der Waals surface area contributed by atoms with Crippen LogP contribution in [0.2, 0.25) is 0 Å². The summed E-state index contributed by atoms with van der Waals surface area (Å²) < 4.78 is 2.12. The SMILES string of the molecule is Cc1cc(/C=C2\SC(=O)N(CC(=O)N3CCCCC3)C2=O)c(C)n1-c1ccccc1. The molecule has 0 saturated carbocycles. The first-order valence-electron chi connectivity index (χ1n) is 10.2. The Bertz CT molecular complexity index is 1020. The van der Waals surface area contributed by atoms with Crippen molar-refractivity contribution >= 4 is 34.9 Å². The molecule has 0 N–H and O–H groups in total. The van der Waals surface area contributed by atoms with Gasteiger partial charge >= 0.3 is 0 Å². The van der Waals surface area contributed by atoms with E-state index in [9.17, 15) is 14.4 Å². The Morgan fingerprint density at radius 1 is 1.07 bits per heavy atom. The molecule has 1 aromatic carbocycles. The summed E-state index contributed by atoms with van der Waals surface area (Å²) in [6, 6.07) is 12.0. The summed E-state index contributed by atoms with van der Waals surface area (Å²) >= 11 is 0.903. The van der Waals surface area contributed by atoms with Crippen LogP contribution in [0.4, 0.5) is 4.79 Å². The molecule has 0 unspecified atom stereocenters. The molecule has 30 heavy (non-hydrogen) atoms. The first kappa shape index (κ1) is 20.5. The lowest BCUT2D eigenvalue weighted by atomic mass is 10.1. The minimum atomic E-state index is -0.389. The van der Waals surface area contributed by atoms with Gasteiger partial charge in [0.2, 0.25) is 5.91 Å². The lowest BCUT2D eigenvalue weighted by Crippen LogP contribution is -2.44. The maximum atomic E-state index is 12.9. The molecule has 1 aromatic heterocycles. The van der Waals surface area contributed by atoms with Crippen molar-refractivity contribution < 1.29 is 14.4 Å². The number of para-hydroxylation sites is 1. The second kappa shape index (κ2) is 8.52. The predicted molar refractivity (Wildman–Crippen MR) is 118 cm³/mol. The molecule has 2 fully saturated rings. The van der Waals surface area contributed by atoms with Gasteiger partial charge in [-0.2, -0.15) is 0 Å². The summed E-state index contributed by atoms with van der Waals surface area (Å²) in [5.41, 5.74) is 3.98. The minimum absolute atomic E-state index is 0.152. The molecule has 2 aliphatic rings. The van der Waals surface area contributed by atoms with E-state index in [4.69, 9.17) is 0 Å². The highest BCUT2D eigenvalue weighted by Gasteiger charge is 2.37. The van der Waals surface area contributed by atoms with E-state index < -0.39 is 0 Å². The van der Waals surface area contributed by atoms with Crippen molar-refractivity contribution in [1.29, 1.82) is 0 Å². The van der Waals surface area contributed by atoms with Crippen LogP contribution in [0.5, 0.6) is 0 Å². The number of nitrogens with zero attached hydrogens (tertiary/aromatic N) is 3. The number of amides is 3. The van der Waals surface area contributed by atoms with Crippen molar-refractivity contribution in [3.05, 3.63) is 58.3 Å². The maximum absolute atomic E-state index is 12.9. The van der Waals surface area contributed by atoms with Crippen LogP contribution < -0.4 is 0 Å². The van der Waals surface area contributed by atoms with E-state index in [0.717, 1.165) is 58.6 Å². The van der Waals surface area contributed by atoms with Crippen LogP contribution >= 0.6 is 11.8 Å². The number of aromatic nitrogens is 1. The summed E-state index contributed by atoms with van der Waals surface area (Å²) in [5, 5.41) is -0.381. The second-order valence-electron chi connectivity index (χ2n) is 7.71. The standard InChI is InChI=1S/C23H25N3O3S/c1-16-13-18(17(2)26(16)19-9-5-3-6-10-19)14-20-22(28)25(23(29)30-20)15-21(27)24-11-7-4-8-12-24/h3,5-6,9-10,13-14H,4,7-8,11-12,15H2,1-2H3/b20-14-. The van der Waals surface area contributed by atoms with Crippen molar-refractivity contribution in [1.82, 2.24) is 14.4 Å². The molecule has 6 nitrogen and oxygen atoms in total. The smallest absolute Gasteiger partial charge is 0.294 e. The van der Waals surface area contributed by atoms with Crippen LogP contribution in [-0.2, 0) is 9.59 Å². The van der Waals surface area contributed by atoms with Crippen LogP contribution in [0.1, 0.15) is 36.2 Å². The molecule has 0 aliphatic carbocycles. The van der Waals surface area contributed by atoms with Gasteiger partial charge in [0.15, 0.2) is 0 Å². The van der Waals surface area contributed by atoms with Gasteiger partial charge in [0.1, 0.15) is 6.54 Å². The zero-order valence-electron chi connectivity index (χ0n) is 17.3. The Labute approximate surface area is 180 Å². The van der Waals surface area contributed by atoms with E-state index in [0.29, 0.717) is 18.0 Å². The van der Waals surface area contributed by atoms with Gasteiger partial charge in [-0.3, -0.25) is 19.3 Å². The van der Waals surface area contributed by atoms with Gasteiger partial charge in [-0.25, -0.2) is 0 Å². The molecule has 3 amide bonds. The third kappa shape index (κ3) is 3.94. The molecule has 0 radical (unpaired) electrons. The molecular formula is C23H25N3O3S. The molecule has 0 atom stereocenters. The van der Waals surface area contributed by atoms with E-state index in [1.54, 1.807) is 11.0 Å². The summed E-state index contributed by atoms with van der Waals surface area (Å²) in [6.45, 7) is 5.24. The number of rotatable bonds is 4. The van der Waals surface area contributed by atoms with Gasteiger partial charge in [0, 0.05) is 30.2 Å². The monoisotopic (exact) mass is 423 g/mol. The first-order chi connectivity index (χ1) is 14.5. The maximum Gasteiger partial charge on any atom is 0.294 e. The molecule has 7 heteroatoms. The minimum Gasteiger partial charge on any atom is -0.341 e. The summed E-state index contributed by atoms with van der Waals surface area (Å²) in [4.78, 5) is 41.0. The number of piperidine rings is 1. The number of hydrogen-bond donors (Lipinski definition) is 0. The highest BCUT2D eigenvalue weighted by Crippen LogP contribution is 2.33. The number of imide groups is 1. The largest absolute Gasteiger partial charge is 0.341 e. The highest BCUT2D eigenvalue weighted by molar-refractivity contribution is 8.18. The average molecular weight is 424 g/mol. The Morgan fingerprint density at radius 3 is 2.47 bits per heavy atom. The fourth-order valence-corrected chi connectivity index (χ4v) is 4.89.